The van der Waals surface area contributed by atoms with Crippen LogP contribution in [-0.2, 0) is 10.0 Å². The van der Waals surface area contributed by atoms with Crippen molar-refractivity contribution >= 4 is 38.9 Å². The highest BCUT2D eigenvalue weighted by Gasteiger charge is 2.18. The number of methoxy groups -OCH3 is 1. The van der Waals surface area contributed by atoms with Crippen LogP contribution >= 0.6 is 11.6 Å². The lowest BCUT2D eigenvalue weighted by Crippen LogP contribution is -2.15. The molecule has 0 fully saturated rings. The third-order valence-corrected chi connectivity index (χ3v) is 4.79. The van der Waals surface area contributed by atoms with Crippen LogP contribution in [0.5, 0.6) is 5.75 Å². The molecule has 0 aliphatic heterocycles. The fourth-order valence-corrected chi connectivity index (χ4v) is 3.41. The number of sulfonamides is 1. The predicted octanol–water partition coefficient (Wildman–Crippen LogP) is 2.26. The Morgan fingerprint density at radius 3 is 2.62 bits per heavy atom. The Morgan fingerprint density at radius 1 is 1.24 bits per heavy atom. The number of nitrogens with one attached hydrogen (secondary N) is 2. The summed E-state index contributed by atoms with van der Waals surface area (Å²) in [6.07, 6.45) is 2.42. The molecular formula is C17H17ClN6O4S. The van der Waals surface area contributed by atoms with Crippen LogP contribution in [0.2, 0.25) is 5.02 Å². The molecule has 0 spiro atoms. The van der Waals surface area contributed by atoms with E-state index in [0.717, 1.165) is 6.26 Å². The van der Waals surface area contributed by atoms with Crippen LogP contribution in [0, 0.1) is 6.92 Å². The Labute approximate surface area is 171 Å². The van der Waals surface area contributed by atoms with Gasteiger partial charge in [0.15, 0.2) is 0 Å². The quantitative estimate of drug-likeness (QED) is 0.606. The number of hydrogen-bond acceptors (Lipinski definition) is 7. The molecule has 0 aliphatic rings. The predicted molar refractivity (Wildman–Crippen MR) is 108 cm³/mol. The number of tetrazole rings is 1. The standard InChI is InChI=1S/C17H17ClN6O4S/c1-10-4-5-11(6-14(10)21-29(3,26)27)20-17(25)12-7-13(18)15(8-16(12)28-2)24-9-19-22-23-24/h4-9,21H,1-3H3,(H,20,25). The molecule has 12 heteroatoms. The Kier molecular flexibility index (Phi) is 5.71. The zero-order valence-electron chi connectivity index (χ0n) is 15.7. The van der Waals surface area contributed by atoms with Crippen LogP contribution in [0.1, 0.15) is 15.9 Å². The van der Waals surface area contributed by atoms with Crippen LogP contribution in [-0.4, -0.2) is 47.9 Å². The number of anilines is 2. The van der Waals surface area contributed by atoms with Crippen LogP contribution in [0.3, 0.4) is 0 Å². The number of ether oxygens (including phenoxy) is 1. The maximum Gasteiger partial charge on any atom is 0.259 e. The average molecular weight is 437 g/mol. The molecule has 1 amide bonds. The minimum atomic E-state index is -3.46. The largest absolute Gasteiger partial charge is 0.496 e. The van der Waals surface area contributed by atoms with E-state index >= 15 is 0 Å². The number of rotatable bonds is 6. The molecule has 1 heterocycles. The SMILES string of the molecule is COc1cc(-n2cnnn2)c(Cl)cc1C(=O)Nc1ccc(C)c(NS(C)(=O)=O)c1. The first kappa shape index (κ1) is 20.6. The fourth-order valence-electron chi connectivity index (χ4n) is 2.54. The van der Waals surface area contributed by atoms with Gasteiger partial charge < -0.3 is 10.1 Å². The van der Waals surface area contributed by atoms with E-state index in [4.69, 9.17) is 16.3 Å². The number of carbonyl (C=O) groups excluding carboxylic acids is 1. The minimum absolute atomic E-state index is 0.188. The number of nitrogens with zero attached hydrogens (tertiary/aromatic N) is 4. The molecule has 0 radical (unpaired) electrons. The summed E-state index contributed by atoms with van der Waals surface area (Å²) in [5.74, 6) is -0.222. The van der Waals surface area contributed by atoms with E-state index in [-0.39, 0.29) is 16.3 Å². The van der Waals surface area contributed by atoms with Crippen molar-refractivity contribution in [3.8, 4) is 11.4 Å². The molecular weight excluding hydrogens is 420 g/mol. The summed E-state index contributed by atoms with van der Waals surface area (Å²) in [6.45, 7) is 1.75. The maximum atomic E-state index is 12.8. The van der Waals surface area contributed by atoms with E-state index in [1.807, 2.05) is 0 Å². The molecule has 0 bridgehead atoms. The fraction of sp³-hybridized carbons (Fsp3) is 0.176. The van der Waals surface area contributed by atoms with Gasteiger partial charge in [-0.1, -0.05) is 17.7 Å². The van der Waals surface area contributed by atoms with Gasteiger partial charge in [-0.05, 0) is 41.1 Å². The van der Waals surface area contributed by atoms with E-state index in [9.17, 15) is 13.2 Å². The van der Waals surface area contributed by atoms with Gasteiger partial charge in [0.1, 0.15) is 12.1 Å². The van der Waals surface area contributed by atoms with Gasteiger partial charge >= 0.3 is 0 Å². The first-order valence-corrected chi connectivity index (χ1v) is 10.5. The first-order valence-electron chi connectivity index (χ1n) is 8.18. The zero-order valence-corrected chi connectivity index (χ0v) is 17.2. The summed E-state index contributed by atoms with van der Waals surface area (Å²) in [6, 6.07) is 7.85. The van der Waals surface area contributed by atoms with Gasteiger partial charge in [-0.25, -0.2) is 8.42 Å². The number of amides is 1. The van der Waals surface area contributed by atoms with Crippen molar-refractivity contribution < 1.29 is 17.9 Å². The number of halogens is 1. The third-order valence-electron chi connectivity index (χ3n) is 3.90. The van der Waals surface area contributed by atoms with E-state index in [2.05, 4.69) is 25.6 Å². The van der Waals surface area contributed by atoms with Crippen molar-refractivity contribution in [2.75, 3.05) is 23.4 Å². The molecule has 1 aromatic heterocycles. The van der Waals surface area contributed by atoms with Crippen molar-refractivity contribution in [3.63, 3.8) is 0 Å². The lowest BCUT2D eigenvalue weighted by Gasteiger charge is -2.14. The van der Waals surface area contributed by atoms with Gasteiger partial charge in [-0.3, -0.25) is 9.52 Å². The monoisotopic (exact) mass is 436 g/mol. The Hall–Kier alpha value is -3.18. The summed E-state index contributed by atoms with van der Waals surface area (Å²) in [5, 5.41) is 13.8. The van der Waals surface area contributed by atoms with Crippen LogP contribution in [0.25, 0.3) is 5.69 Å². The normalized spacial score (nSPS) is 11.2. The molecule has 0 saturated heterocycles. The summed E-state index contributed by atoms with van der Waals surface area (Å²) in [4.78, 5) is 12.8. The molecule has 0 unspecified atom stereocenters. The number of carbonyl (C=O) groups is 1. The molecule has 10 nitrogen and oxygen atoms in total. The molecule has 29 heavy (non-hydrogen) atoms. The van der Waals surface area contributed by atoms with Crippen molar-refractivity contribution in [1.82, 2.24) is 20.2 Å². The lowest BCUT2D eigenvalue weighted by molar-refractivity contribution is 0.102. The Bertz CT molecular complexity index is 1160. The summed E-state index contributed by atoms with van der Waals surface area (Å²) < 4.78 is 32.1. The van der Waals surface area contributed by atoms with Gasteiger partial charge in [-0.2, -0.15) is 4.68 Å². The topological polar surface area (TPSA) is 128 Å². The zero-order chi connectivity index (χ0) is 21.2. The third kappa shape index (κ3) is 4.81. The second-order valence-electron chi connectivity index (χ2n) is 6.12. The number of hydrogen-bond donors (Lipinski definition) is 2. The van der Waals surface area contributed by atoms with Crippen molar-refractivity contribution in [2.24, 2.45) is 0 Å². The first-order chi connectivity index (χ1) is 13.7. The molecule has 2 N–H and O–H groups in total. The molecule has 2 aromatic carbocycles. The van der Waals surface area contributed by atoms with E-state index < -0.39 is 15.9 Å². The molecule has 0 saturated carbocycles. The Morgan fingerprint density at radius 2 is 2.00 bits per heavy atom. The Balaban J connectivity index is 1.91. The summed E-state index contributed by atoms with van der Waals surface area (Å²) in [7, 11) is -2.04. The van der Waals surface area contributed by atoms with Crippen molar-refractivity contribution in [3.05, 3.63) is 52.8 Å². The molecule has 3 aromatic rings. The number of aromatic nitrogens is 4. The van der Waals surface area contributed by atoms with Crippen molar-refractivity contribution in [1.29, 1.82) is 0 Å². The number of benzene rings is 2. The molecule has 0 aliphatic carbocycles. The summed E-state index contributed by atoms with van der Waals surface area (Å²) >= 11 is 6.29. The van der Waals surface area contributed by atoms with Gasteiger partial charge in [-0.15, -0.1) is 5.10 Å². The van der Waals surface area contributed by atoms with Gasteiger partial charge in [0, 0.05) is 11.8 Å². The minimum Gasteiger partial charge on any atom is -0.496 e. The highest BCUT2D eigenvalue weighted by molar-refractivity contribution is 7.92. The molecule has 152 valence electrons. The van der Waals surface area contributed by atoms with Crippen LogP contribution in [0.15, 0.2) is 36.7 Å². The maximum absolute atomic E-state index is 12.8. The van der Waals surface area contributed by atoms with E-state index in [1.165, 1.54) is 30.3 Å². The van der Waals surface area contributed by atoms with Gasteiger partial charge in [0.25, 0.3) is 5.91 Å². The van der Waals surface area contributed by atoms with Gasteiger partial charge in [0.05, 0.1) is 35.3 Å². The van der Waals surface area contributed by atoms with Gasteiger partial charge in [0.2, 0.25) is 10.0 Å². The van der Waals surface area contributed by atoms with E-state index in [1.54, 1.807) is 25.1 Å². The van der Waals surface area contributed by atoms with Crippen LogP contribution in [0.4, 0.5) is 11.4 Å². The lowest BCUT2D eigenvalue weighted by atomic mass is 10.1. The molecule has 3 rings (SSSR count). The molecule has 0 atom stereocenters. The highest BCUT2D eigenvalue weighted by atomic mass is 35.5. The average Bonchev–Trinajstić information content (AvgIpc) is 3.17. The summed E-state index contributed by atoms with van der Waals surface area (Å²) in [5.41, 5.74) is 2.10. The van der Waals surface area contributed by atoms with Crippen LogP contribution < -0.4 is 14.8 Å². The highest BCUT2D eigenvalue weighted by Crippen LogP contribution is 2.30. The second kappa shape index (κ2) is 8.05. The second-order valence-corrected chi connectivity index (χ2v) is 8.27. The van der Waals surface area contributed by atoms with Crippen molar-refractivity contribution in [2.45, 2.75) is 6.92 Å². The smallest absolute Gasteiger partial charge is 0.259 e. The van der Waals surface area contributed by atoms with E-state index in [0.29, 0.717) is 22.6 Å². The number of aryl methyl sites for hydroxylation is 1.